The third kappa shape index (κ3) is 2.45. The van der Waals surface area contributed by atoms with Crippen LogP contribution in [0.3, 0.4) is 0 Å². The lowest BCUT2D eigenvalue weighted by Crippen LogP contribution is -2.06. The van der Waals surface area contributed by atoms with E-state index in [0.29, 0.717) is 6.42 Å². The van der Waals surface area contributed by atoms with Crippen molar-refractivity contribution in [1.82, 2.24) is 15.0 Å². The van der Waals surface area contributed by atoms with Gasteiger partial charge in [-0.25, -0.2) is 4.79 Å². The summed E-state index contributed by atoms with van der Waals surface area (Å²) in [4.78, 5) is 21.9. The summed E-state index contributed by atoms with van der Waals surface area (Å²) in [5, 5.41) is 11.1. The van der Waals surface area contributed by atoms with Crippen LogP contribution in [0.15, 0.2) is 48.8 Å². The van der Waals surface area contributed by atoms with E-state index in [2.05, 4.69) is 21.9 Å². The third-order valence-electron chi connectivity index (χ3n) is 5.79. The van der Waals surface area contributed by atoms with Crippen LogP contribution in [0.2, 0.25) is 0 Å². The Morgan fingerprint density at radius 1 is 1.14 bits per heavy atom. The predicted octanol–water partition coefficient (Wildman–Crippen LogP) is 4.88. The summed E-state index contributed by atoms with van der Waals surface area (Å²) in [6, 6.07) is 10.0. The van der Waals surface area contributed by atoms with Crippen molar-refractivity contribution in [3.63, 3.8) is 0 Å². The van der Waals surface area contributed by atoms with E-state index in [0.717, 1.165) is 50.3 Å². The molecule has 0 spiro atoms. The Hall–Kier alpha value is -3.67. The van der Waals surface area contributed by atoms with Gasteiger partial charge in [-0.15, -0.1) is 0 Å². The highest BCUT2D eigenvalue weighted by atomic mass is 16.5. The smallest absolute Gasteiger partial charge is 0.352 e. The molecule has 5 rings (SSSR count). The summed E-state index contributed by atoms with van der Waals surface area (Å²) in [6.07, 6.45) is 6.47. The van der Waals surface area contributed by atoms with Gasteiger partial charge in [-0.2, -0.15) is 0 Å². The number of methoxy groups -OCH3 is 1. The number of nitrogens with one attached hydrogen (secondary N) is 3. The first kappa shape index (κ1) is 17.4. The molecule has 0 saturated heterocycles. The number of benzene rings is 1. The lowest BCUT2D eigenvalue weighted by atomic mass is 9.89. The van der Waals surface area contributed by atoms with E-state index in [1.165, 1.54) is 0 Å². The van der Waals surface area contributed by atoms with E-state index < -0.39 is 5.97 Å². The Balaban J connectivity index is 1.79. The molecule has 146 valence electrons. The number of allylic oxidation sites excluding steroid dienone is 1. The Morgan fingerprint density at radius 2 is 1.97 bits per heavy atom. The molecule has 29 heavy (non-hydrogen) atoms. The van der Waals surface area contributed by atoms with Crippen LogP contribution in [0, 0.1) is 0 Å². The number of hydrogen-bond donors (Lipinski definition) is 4. The van der Waals surface area contributed by atoms with Gasteiger partial charge in [-0.3, -0.25) is 0 Å². The molecule has 4 aromatic rings. The van der Waals surface area contributed by atoms with E-state index in [9.17, 15) is 9.90 Å². The van der Waals surface area contributed by atoms with E-state index >= 15 is 0 Å². The Morgan fingerprint density at radius 3 is 2.72 bits per heavy atom. The maximum absolute atomic E-state index is 12.2. The number of aromatic carboxylic acids is 1. The fraction of sp³-hybridized carbons (Fsp3) is 0.174. The van der Waals surface area contributed by atoms with Gasteiger partial charge in [-0.1, -0.05) is 19.1 Å². The molecule has 4 N–H and O–H groups in total. The summed E-state index contributed by atoms with van der Waals surface area (Å²) in [7, 11) is 1.63. The molecule has 3 heterocycles. The fourth-order valence-corrected chi connectivity index (χ4v) is 4.55. The summed E-state index contributed by atoms with van der Waals surface area (Å²) in [5.74, 6) is -0.398. The Kier molecular flexibility index (Phi) is 3.87. The van der Waals surface area contributed by atoms with Crippen molar-refractivity contribution in [2.24, 2.45) is 0 Å². The highest BCUT2D eigenvalue weighted by molar-refractivity contribution is 5.98. The van der Waals surface area contributed by atoms with Crippen molar-refractivity contribution in [2.75, 3.05) is 7.11 Å². The number of H-pyrrole nitrogens is 3. The summed E-state index contributed by atoms with van der Waals surface area (Å²) < 4.78 is 5.53. The first-order chi connectivity index (χ1) is 14.1. The van der Waals surface area contributed by atoms with Crippen molar-refractivity contribution in [3.8, 4) is 11.3 Å². The lowest BCUT2D eigenvalue weighted by molar-refractivity contribution is 0.0690. The highest BCUT2D eigenvalue weighted by Gasteiger charge is 2.34. The quantitative estimate of drug-likeness (QED) is 0.393. The molecule has 1 aliphatic rings. The maximum Gasteiger partial charge on any atom is 0.352 e. The molecule has 6 heteroatoms. The molecule has 3 aromatic heterocycles. The largest absolute Gasteiger partial charge is 0.495 e. The lowest BCUT2D eigenvalue weighted by Gasteiger charge is -2.12. The summed E-state index contributed by atoms with van der Waals surface area (Å²) >= 11 is 0. The average molecular weight is 387 g/mol. The molecule has 0 aliphatic heterocycles. The van der Waals surface area contributed by atoms with Crippen molar-refractivity contribution in [2.45, 2.75) is 19.3 Å². The van der Waals surface area contributed by atoms with Crippen LogP contribution < -0.4 is 0 Å². The first-order valence-corrected chi connectivity index (χ1v) is 9.62. The molecule has 0 radical (unpaired) electrons. The van der Waals surface area contributed by atoms with Crippen LogP contribution in [0.4, 0.5) is 0 Å². The van der Waals surface area contributed by atoms with Gasteiger partial charge in [0.1, 0.15) is 11.5 Å². The molecular formula is C23H21N3O3. The normalized spacial score (nSPS) is 15.5. The zero-order valence-corrected chi connectivity index (χ0v) is 16.2. The molecule has 0 fully saturated rings. The molecule has 1 aromatic carbocycles. The maximum atomic E-state index is 12.2. The van der Waals surface area contributed by atoms with Crippen LogP contribution in [0.5, 0.6) is 0 Å². The highest BCUT2D eigenvalue weighted by Crippen LogP contribution is 2.45. The Labute approximate surface area is 167 Å². The SMILES string of the molecule is CCc1c(-c2cccc3[nH]ccc23)[nH]c(C(=O)O)c1C1C=C(OC)c2[nH]ccc21. The number of rotatable bonds is 5. The van der Waals surface area contributed by atoms with Crippen LogP contribution in [0.25, 0.3) is 27.9 Å². The number of carboxylic acid groups (broad SMARTS) is 1. The molecule has 6 nitrogen and oxygen atoms in total. The van der Waals surface area contributed by atoms with Crippen molar-refractivity contribution in [1.29, 1.82) is 0 Å². The van der Waals surface area contributed by atoms with Gasteiger partial charge < -0.3 is 24.8 Å². The number of carbonyl (C=O) groups is 1. The monoisotopic (exact) mass is 387 g/mol. The minimum absolute atomic E-state index is 0.178. The van der Waals surface area contributed by atoms with Gasteiger partial charge in [0, 0.05) is 34.8 Å². The topological polar surface area (TPSA) is 93.9 Å². The minimum atomic E-state index is -0.960. The molecule has 1 aliphatic carbocycles. The van der Waals surface area contributed by atoms with Gasteiger partial charge in [0.2, 0.25) is 0 Å². The van der Waals surface area contributed by atoms with Crippen LogP contribution in [-0.4, -0.2) is 33.1 Å². The number of aromatic amines is 3. The van der Waals surface area contributed by atoms with Crippen molar-refractivity contribution >= 4 is 22.6 Å². The van der Waals surface area contributed by atoms with Crippen molar-refractivity contribution < 1.29 is 14.6 Å². The second kappa shape index (κ2) is 6.44. The number of fused-ring (bicyclic) bond motifs is 2. The molecule has 0 amide bonds. The molecule has 0 bridgehead atoms. The molecule has 1 unspecified atom stereocenters. The molecular weight excluding hydrogens is 366 g/mol. The van der Waals surface area contributed by atoms with Crippen LogP contribution in [0.1, 0.15) is 45.7 Å². The second-order valence-electron chi connectivity index (χ2n) is 7.19. The third-order valence-corrected chi connectivity index (χ3v) is 5.79. The van der Waals surface area contributed by atoms with E-state index in [1.54, 1.807) is 7.11 Å². The van der Waals surface area contributed by atoms with Crippen LogP contribution in [-0.2, 0) is 11.2 Å². The summed E-state index contributed by atoms with van der Waals surface area (Å²) in [5.41, 5.74) is 6.87. The number of aromatic nitrogens is 3. The Bertz CT molecular complexity index is 1270. The number of hydrogen-bond acceptors (Lipinski definition) is 2. The second-order valence-corrected chi connectivity index (χ2v) is 7.19. The zero-order valence-electron chi connectivity index (χ0n) is 16.2. The van der Waals surface area contributed by atoms with Crippen LogP contribution >= 0.6 is 0 Å². The average Bonchev–Trinajstić information content (AvgIpc) is 3.48. The van der Waals surface area contributed by atoms with E-state index in [4.69, 9.17) is 4.74 Å². The van der Waals surface area contributed by atoms with Gasteiger partial charge >= 0.3 is 5.97 Å². The summed E-state index contributed by atoms with van der Waals surface area (Å²) in [6.45, 7) is 2.06. The fourth-order valence-electron chi connectivity index (χ4n) is 4.55. The standard InChI is InChI=1S/C23H21N3O3/c1-3-12-19(16-11-18(29-2)21-15(16)8-10-25-21)22(23(27)28)26-20(12)14-5-4-6-17-13(14)7-9-24-17/h4-11,16,24-26H,3H2,1-2H3,(H,27,28). The van der Waals surface area contributed by atoms with Gasteiger partial charge in [0.15, 0.2) is 0 Å². The van der Waals surface area contributed by atoms with Gasteiger partial charge in [0.05, 0.1) is 18.5 Å². The first-order valence-electron chi connectivity index (χ1n) is 9.62. The van der Waals surface area contributed by atoms with Gasteiger partial charge in [0.25, 0.3) is 0 Å². The number of carboxylic acids is 1. The minimum Gasteiger partial charge on any atom is -0.495 e. The number of ether oxygens (including phenoxy) is 1. The zero-order chi connectivity index (χ0) is 20.1. The van der Waals surface area contributed by atoms with Crippen molar-refractivity contribution in [3.05, 3.63) is 76.9 Å². The van der Waals surface area contributed by atoms with E-state index in [-0.39, 0.29) is 11.6 Å². The predicted molar refractivity (Wildman–Crippen MR) is 112 cm³/mol. The molecule has 1 atom stereocenters. The van der Waals surface area contributed by atoms with E-state index in [1.807, 2.05) is 48.8 Å². The van der Waals surface area contributed by atoms with Gasteiger partial charge in [-0.05, 0) is 47.4 Å². The molecule has 0 saturated carbocycles.